The molecule has 0 aromatic heterocycles. The number of aliphatic hydroxyl groups is 1. The minimum atomic E-state index is -0.407. The first-order chi connectivity index (χ1) is 7.20. The predicted octanol–water partition coefficient (Wildman–Crippen LogP) is 4.43. The van der Waals surface area contributed by atoms with Crippen molar-refractivity contribution in [1.29, 1.82) is 0 Å². The predicted molar refractivity (Wildman–Crippen MR) is 70.0 cm³/mol. The SMILES string of the molecule is Cc1cc(C(O)CC(C)(C)C)c(C)cc1Cl. The maximum absolute atomic E-state index is 10.2. The minimum absolute atomic E-state index is 0.124. The molecular formula is C14H21ClO. The van der Waals surface area contributed by atoms with Crippen molar-refractivity contribution in [3.63, 3.8) is 0 Å². The molecular weight excluding hydrogens is 220 g/mol. The second-order valence-corrected chi connectivity index (χ2v) is 6.15. The molecule has 1 aromatic rings. The Balaban J connectivity index is 3.00. The Morgan fingerprint density at radius 3 is 2.25 bits per heavy atom. The van der Waals surface area contributed by atoms with E-state index in [1.54, 1.807) is 0 Å². The van der Waals surface area contributed by atoms with Crippen molar-refractivity contribution in [2.75, 3.05) is 0 Å². The lowest BCUT2D eigenvalue weighted by atomic mass is 9.85. The molecule has 0 bridgehead atoms. The summed E-state index contributed by atoms with van der Waals surface area (Å²) in [4.78, 5) is 0. The average molecular weight is 241 g/mol. The van der Waals surface area contributed by atoms with Gasteiger partial charge in [0.15, 0.2) is 0 Å². The first-order valence-electron chi connectivity index (χ1n) is 5.65. The molecule has 1 rings (SSSR count). The van der Waals surface area contributed by atoms with Crippen LogP contribution in [0.2, 0.25) is 5.02 Å². The highest BCUT2D eigenvalue weighted by Gasteiger charge is 2.19. The van der Waals surface area contributed by atoms with E-state index in [0.717, 1.165) is 28.1 Å². The summed E-state index contributed by atoms with van der Waals surface area (Å²) in [5, 5.41) is 11.0. The van der Waals surface area contributed by atoms with Crippen molar-refractivity contribution in [2.24, 2.45) is 5.41 Å². The smallest absolute Gasteiger partial charge is 0.0797 e. The third kappa shape index (κ3) is 3.50. The molecule has 1 N–H and O–H groups in total. The fourth-order valence-corrected chi connectivity index (χ4v) is 2.07. The van der Waals surface area contributed by atoms with E-state index in [-0.39, 0.29) is 5.41 Å². The van der Waals surface area contributed by atoms with Crippen LogP contribution in [-0.4, -0.2) is 5.11 Å². The van der Waals surface area contributed by atoms with E-state index < -0.39 is 6.10 Å². The molecule has 1 nitrogen and oxygen atoms in total. The summed E-state index contributed by atoms with van der Waals surface area (Å²) in [6, 6.07) is 3.92. The topological polar surface area (TPSA) is 20.2 Å². The minimum Gasteiger partial charge on any atom is -0.388 e. The van der Waals surface area contributed by atoms with Gasteiger partial charge in [-0.05, 0) is 48.4 Å². The standard InChI is InChI=1S/C14H21ClO/c1-9-7-12(15)10(2)6-11(9)13(16)8-14(3,4)5/h6-7,13,16H,8H2,1-5H3. The van der Waals surface area contributed by atoms with Crippen LogP contribution in [0.3, 0.4) is 0 Å². The molecule has 0 aliphatic carbocycles. The van der Waals surface area contributed by atoms with Gasteiger partial charge in [0.1, 0.15) is 0 Å². The van der Waals surface area contributed by atoms with E-state index in [4.69, 9.17) is 11.6 Å². The largest absolute Gasteiger partial charge is 0.388 e. The van der Waals surface area contributed by atoms with Crippen LogP contribution in [0.15, 0.2) is 12.1 Å². The maximum Gasteiger partial charge on any atom is 0.0797 e. The Morgan fingerprint density at radius 2 is 1.75 bits per heavy atom. The van der Waals surface area contributed by atoms with Gasteiger partial charge in [-0.2, -0.15) is 0 Å². The molecule has 2 heteroatoms. The lowest BCUT2D eigenvalue weighted by molar-refractivity contribution is 0.122. The molecule has 0 aliphatic rings. The van der Waals surface area contributed by atoms with E-state index >= 15 is 0 Å². The van der Waals surface area contributed by atoms with Gasteiger partial charge in [0.2, 0.25) is 0 Å². The zero-order valence-electron chi connectivity index (χ0n) is 10.8. The fourth-order valence-electron chi connectivity index (χ4n) is 1.85. The van der Waals surface area contributed by atoms with Gasteiger partial charge in [-0.1, -0.05) is 38.4 Å². The van der Waals surface area contributed by atoms with E-state index in [9.17, 15) is 5.11 Å². The molecule has 0 heterocycles. The van der Waals surface area contributed by atoms with Gasteiger partial charge < -0.3 is 5.11 Å². The molecule has 0 amide bonds. The molecule has 90 valence electrons. The third-order valence-corrected chi connectivity index (χ3v) is 3.12. The zero-order valence-corrected chi connectivity index (χ0v) is 11.5. The first kappa shape index (κ1) is 13.5. The van der Waals surface area contributed by atoms with Crippen molar-refractivity contribution in [3.8, 4) is 0 Å². The molecule has 16 heavy (non-hydrogen) atoms. The van der Waals surface area contributed by atoms with Gasteiger partial charge in [-0.25, -0.2) is 0 Å². The summed E-state index contributed by atoms with van der Waals surface area (Å²) in [5.74, 6) is 0. The van der Waals surface area contributed by atoms with Crippen LogP contribution in [-0.2, 0) is 0 Å². The monoisotopic (exact) mass is 240 g/mol. The molecule has 0 radical (unpaired) electrons. The van der Waals surface area contributed by atoms with Crippen molar-refractivity contribution in [1.82, 2.24) is 0 Å². The van der Waals surface area contributed by atoms with Crippen LogP contribution in [0.1, 0.15) is 50.0 Å². The summed E-state index contributed by atoms with van der Waals surface area (Å²) >= 11 is 6.04. The van der Waals surface area contributed by atoms with Crippen LogP contribution in [0.5, 0.6) is 0 Å². The van der Waals surface area contributed by atoms with Gasteiger partial charge in [0.25, 0.3) is 0 Å². The van der Waals surface area contributed by atoms with Gasteiger partial charge in [-0.15, -0.1) is 0 Å². The van der Waals surface area contributed by atoms with Gasteiger partial charge in [0, 0.05) is 5.02 Å². The molecule has 1 unspecified atom stereocenters. The summed E-state index contributed by atoms with van der Waals surface area (Å²) in [7, 11) is 0. The lowest BCUT2D eigenvalue weighted by Crippen LogP contribution is -2.12. The molecule has 0 spiro atoms. The van der Waals surface area contributed by atoms with E-state index in [2.05, 4.69) is 20.8 Å². The molecule has 0 fully saturated rings. The van der Waals surface area contributed by atoms with E-state index in [1.165, 1.54) is 0 Å². The molecule has 0 saturated carbocycles. The highest BCUT2D eigenvalue weighted by atomic mass is 35.5. The Bertz CT molecular complexity index is 377. The van der Waals surface area contributed by atoms with Crippen LogP contribution in [0, 0.1) is 19.3 Å². The maximum atomic E-state index is 10.2. The molecule has 0 aliphatic heterocycles. The number of hydrogen-bond donors (Lipinski definition) is 1. The molecule has 1 atom stereocenters. The molecule has 0 saturated heterocycles. The van der Waals surface area contributed by atoms with Crippen molar-refractivity contribution < 1.29 is 5.11 Å². The second kappa shape index (κ2) is 4.77. The van der Waals surface area contributed by atoms with Gasteiger partial charge in [-0.3, -0.25) is 0 Å². The second-order valence-electron chi connectivity index (χ2n) is 5.74. The van der Waals surface area contributed by atoms with E-state index in [1.807, 2.05) is 26.0 Å². The Morgan fingerprint density at radius 1 is 1.19 bits per heavy atom. The Hall–Kier alpha value is -0.530. The first-order valence-corrected chi connectivity index (χ1v) is 6.03. The number of aryl methyl sites for hydroxylation is 2. The van der Waals surface area contributed by atoms with Gasteiger partial charge in [0.05, 0.1) is 6.10 Å². The number of rotatable bonds is 2. The van der Waals surface area contributed by atoms with Gasteiger partial charge >= 0.3 is 0 Å². The Kier molecular flexibility index (Phi) is 4.03. The third-order valence-electron chi connectivity index (χ3n) is 2.71. The highest BCUT2D eigenvalue weighted by Crippen LogP contribution is 2.32. The lowest BCUT2D eigenvalue weighted by Gasteiger charge is -2.24. The summed E-state index contributed by atoms with van der Waals surface area (Å²) in [6.07, 6.45) is 0.352. The van der Waals surface area contributed by atoms with Crippen LogP contribution < -0.4 is 0 Å². The summed E-state index contributed by atoms with van der Waals surface area (Å²) < 4.78 is 0. The van der Waals surface area contributed by atoms with Crippen molar-refractivity contribution in [3.05, 3.63) is 33.8 Å². The number of halogens is 1. The summed E-state index contributed by atoms with van der Waals surface area (Å²) in [6.45, 7) is 10.4. The van der Waals surface area contributed by atoms with Crippen molar-refractivity contribution in [2.45, 2.75) is 47.1 Å². The van der Waals surface area contributed by atoms with Crippen LogP contribution in [0.4, 0.5) is 0 Å². The molecule has 1 aromatic carbocycles. The van der Waals surface area contributed by atoms with Crippen LogP contribution >= 0.6 is 11.6 Å². The van der Waals surface area contributed by atoms with E-state index in [0.29, 0.717) is 0 Å². The fraction of sp³-hybridized carbons (Fsp3) is 0.571. The summed E-state index contributed by atoms with van der Waals surface area (Å²) in [5.41, 5.74) is 3.21. The Labute approximate surface area is 103 Å². The normalized spacial score (nSPS) is 13.9. The zero-order chi connectivity index (χ0) is 12.5. The quantitative estimate of drug-likeness (QED) is 0.811. The van der Waals surface area contributed by atoms with Crippen molar-refractivity contribution >= 4 is 11.6 Å². The highest BCUT2D eigenvalue weighted by molar-refractivity contribution is 6.31. The number of benzene rings is 1. The number of aliphatic hydroxyl groups excluding tert-OH is 1. The van der Waals surface area contributed by atoms with Crippen LogP contribution in [0.25, 0.3) is 0 Å². The average Bonchev–Trinajstić information content (AvgIpc) is 2.08. The number of hydrogen-bond acceptors (Lipinski definition) is 1.